The van der Waals surface area contributed by atoms with E-state index in [1.54, 1.807) is 0 Å². The summed E-state index contributed by atoms with van der Waals surface area (Å²) in [4.78, 5) is 2.27. The Bertz CT molecular complexity index is 615. The second-order valence-corrected chi connectivity index (χ2v) is 6.53. The zero-order valence-electron chi connectivity index (χ0n) is 12.3. The molecule has 0 radical (unpaired) electrons. The van der Waals surface area contributed by atoms with Crippen molar-refractivity contribution >= 4 is 27.5 Å². The van der Waals surface area contributed by atoms with Gasteiger partial charge in [0, 0.05) is 23.6 Å². The second-order valence-electron chi connectivity index (χ2n) is 5.27. The van der Waals surface area contributed by atoms with E-state index in [9.17, 15) is 0 Å². The Kier molecular flexibility index (Phi) is 5.82. The van der Waals surface area contributed by atoms with Crippen molar-refractivity contribution in [3.05, 3.63) is 68.7 Å². The molecule has 2 N–H and O–H groups in total. The van der Waals surface area contributed by atoms with Crippen LogP contribution in [0.1, 0.15) is 22.7 Å². The van der Waals surface area contributed by atoms with Gasteiger partial charge in [-0.3, -0.25) is 4.90 Å². The summed E-state index contributed by atoms with van der Waals surface area (Å²) in [5.41, 5.74) is 9.75. The highest BCUT2D eigenvalue weighted by Crippen LogP contribution is 2.28. The Morgan fingerprint density at radius 2 is 1.95 bits per heavy atom. The smallest absolute Gasteiger partial charge is 0.0551 e. The van der Waals surface area contributed by atoms with E-state index >= 15 is 0 Å². The number of likely N-dealkylation sites (N-methyl/N-ethyl adjacent to an activating group) is 1. The van der Waals surface area contributed by atoms with Crippen LogP contribution in [0.3, 0.4) is 0 Å². The zero-order valence-corrected chi connectivity index (χ0v) is 14.7. The Hall–Kier alpha value is -0.870. The highest BCUT2D eigenvalue weighted by atomic mass is 79.9. The number of nitrogens with two attached hydrogens (primary N) is 1. The third-order valence-electron chi connectivity index (χ3n) is 3.76. The second kappa shape index (κ2) is 7.41. The van der Waals surface area contributed by atoms with Crippen LogP contribution < -0.4 is 5.73 Å². The molecule has 0 aliphatic heterocycles. The van der Waals surface area contributed by atoms with Crippen molar-refractivity contribution in [2.75, 3.05) is 13.6 Å². The molecule has 112 valence electrons. The van der Waals surface area contributed by atoms with E-state index < -0.39 is 0 Å². The van der Waals surface area contributed by atoms with Crippen LogP contribution in [-0.2, 0) is 6.54 Å². The van der Waals surface area contributed by atoms with Gasteiger partial charge in [0.05, 0.1) is 5.02 Å². The minimum Gasteiger partial charge on any atom is -0.329 e. The molecule has 0 amide bonds. The lowest BCUT2D eigenvalue weighted by molar-refractivity contribution is 0.241. The number of halogens is 2. The fraction of sp³-hybridized carbons (Fsp3) is 0.294. The van der Waals surface area contributed by atoms with Gasteiger partial charge in [0.1, 0.15) is 0 Å². The van der Waals surface area contributed by atoms with Gasteiger partial charge in [-0.25, -0.2) is 0 Å². The van der Waals surface area contributed by atoms with Crippen LogP contribution in [0.15, 0.2) is 46.9 Å². The van der Waals surface area contributed by atoms with Crippen LogP contribution in [0.4, 0.5) is 0 Å². The van der Waals surface area contributed by atoms with Crippen LogP contribution in [0, 0.1) is 6.92 Å². The van der Waals surface area contributed by atoms with Gasteiger partial charge in [0.25, 0.3) is 0 Å². The minimum absolute atomic E-state index is 0.148. The van der Waals surface area contributed by atoms with Crippen LogP contribution in [0.25, 0.3) is 0 Å². The monoisotopic (exact) mass is 366 g/mol. The summed E-state index contributed by atoms with van der Waals surface area (Å²) in [6.45, 7) is 3.56. The van der Waals surface area contributed by atoms with E-state index in [1.807, 2.05) is 12.1 Å². The Balaban J connectivity index is 2.20. The number of hydrogen-bond acceptors (Lipinski definition) is 2. The van der Waals surface area contributed by atoms with E-state index in [1.165, 1.54) is 11.1 Å². The topological polar surface area (TPSA) is 29.3 Å². The van der Waals surface area contributed by atoms with E-state index in [0.29, 0.717) is 6.54 Å². The molecular formula is C17H20BrClN2. The summed E-state index contributed by atoms with van der Waals surface area (Å²) in [7, 11) is 2.10. The first kappa shape index (κ1) is 16.5. The van der Waals surface area contributed by atoms with Gasteiger partial charge in [-0.1, -0.05) is 41.9 Å². The summed E-state index contributed by atoms with van der Waals surface area (Å²) >= 11 is 9.62. The quantitative estimate of drug-likeness (QED) is 0.840. The maximum atomic E-state index is 6.20. The lowest BCUT2D eigenvalue weighted by Crippen LogP contribution is -2.30. The molecule has 0 heterocycles. The fourth-order valence-corrected chi connectivity index (χ4v) is 2.89. The van der Waals surface area contributed by atoms with Crippen molar-refractivity contribution in [2.45, 2.75) is 19.5 Å². The Morgan fingerprint density at radius 3 is 2.57 bits per heavy atom. The first-order chi connectivity index (χ1) is 10.0. The van der Waals surface area contributed by atoms with E-state index in [0.717, 1.165) is 21.6 Å². The largest absolute Gasteiger partial charge is 0.329 e. The summed E-state index contributed by atoms with van der Waals surface area (Å²) in [6, 6.07) is 14.6. The molecule has 2 rings (SSSR count). The van der Waals surface area contributed by atoms with Gasteiger partial charge in [-0.15, -0.1) is 0 Å². The number of hydrogen-bond donors (Lipinski definition) is 1. The molecule has 0 saturated heterocycles. The van der Waals surface area contributed by atoms with Crippen molar-refractivity contribution in [1.82, 2.24) is 4.90 Å². The summed E-state index contributed by atoms with van der Waals surface area (Å²) < 4.78 is 0.908. The molecular weight excluding hydrogens is 348 g/mol. The van der Waals surface area contributed by atoms with Crippen LogP contribution in [0.2, 0.25) is 5.02 Å². The van der Waals surface area contributed by atoms with Gasteiger partial charge < -0.3 is 5.73 Å². The number of aryl methyl sites for hydroxylation is 1. The molecule has 21 heavy (non-hydrogen) atoms. The standard InChI is InChI=1S/C17H20BrClN2/c1-12-5-3-4-6-14(12)11-21(2)17(10-20)13-7-8-15(18)16(19)9-13/h3-9,17H,10-11,20H2,1-2H3. The third kappa shape index (κ3) is 4.07. The molecule has 0 aromatic heterocycles. The molecule has 4 heteroatoms. The first-order valence-corrected chi connectivity index (χ1v) is 8.09. The van der Waals surface area contributed by atoms with E-state index in [2.05, 4.69) is 65.1 Å². The van der Waals surface area contributed by atoms with Crippen molar-refractivity contribution < 1.29 is 0 Å². The molecule has 2 aromatic carbocycles. The molecule has 0 fully saturated rings. The van der Waals surface area contributed by atoms with E-state index in [4.69, 9.17) is 17.3 Å². The Labute approximate surface area is 140 Å². The average Bonchev–Trinajstić information content (AvgIpc) is 2.46. The molecule has 0 saturated carbocycles. The van der Waals surface area contributed by atoms with E-state index in [-0.39, 0.29) is 6.04 Å². The van der Waals surface area contributed by atoms with Crippen molar-refractivity contribution in [3.63, 3.8) is 0 Å². The SMILES string of the molecule is Cc1ccccc1CN(C)C(CN)c1ccc(Br)c(Cl)c1. The summed E-state index contributed by atoms with van der Waals surface area (Å²) in [5.74, 6) is 0. The maximum Gasteiger partial charge on any atom is 0.0551 e. The maximum absolute atomic E-state index is 6.20. The van der Waals surface area contributed by atoms with Gasteiger partial charge in [0.2, 0.25) is 0 Å². The molecule has 0 aliphatic carbocycles. The van der Waals surface area contributed by atoms with Gasteiger partial charge in [0.15, 0.2) is 0 Å². The van der Waals surface area contributed by atoms with Crippen LogP contribution in [-0.4, -0.2) is 18.5 Å². The van der Waals surface area contributed by atoms with Gasteiger partial charge in [-0.05, 0) is 58.7 Å². The normalized spacial score (nSPS) is 12.7. The number of benzene rings is 2. The van der Waals surface area contributed by atoms with Gasteiger partial charge in [-0.2, -0.15) is 0 Å². The third-order valence-corrected chi connectivity index (χ3v) is 5.00. The molecule has 1 atom stereocenters. The predicted molar refractivity (Wildman–Crippen MR) is 93.6 cm³/mol. The minimum atomic E-state index is 0.148. The molecule has 2 aromatic rings. The molecule has 0 bridgehead atoms. The highest BCUT2D eigenvalue weighted by molar-refractivity contribution is 9.10. The van der Waals surface area contributed by atoms with Crippen LogP contribution in [0.5, 0.6) is 0 Å². The first-order valence-electron chi connectivity index (χ1n) is 6.92. The summed E-state index contributed by atoms with van der Waals surface area (Å²) in [6.07, 6.45) is 0. The highest BCUT2D eigenvalue weighted by Gasteiger charge is 2.17. The fourth-order valence-electron chi connectivity index (χ4n) is 2.46. The lowest BCUT2D eigenvalue weighted by atomic mass is 10.0. The lowest BCUT2D eigenvalue weighted by Gasteiger charge is -2.28. The molecule has 1 unspecified atom stereocenters. The zero-order chi connectivity index (χ0) is 15.4. The molecule has 0 spiro atoms. The van der Waals surface area contributed by atoms with Crippen molar-refractivity contribution in [3.8, 4) is 0 Å². The van der Waals surface area contributed by atoms with Crippen molar-refractivity contribution in [2.24, 2.45) is 5.73 Å². The average molecular weight is 368 g/mol. The summed E-state index contributed by atoms with van der Waals surface area (Å²) in [5, 5.41) is 0.718. The van der Waals surface area contributed by atoms with Crippen LogP contribution >= 0.6 is 27.5 Å². The predicted octanol–water partition coefficient (Wildman–Crippen LogP) is 4.54. The molecule has 2 nitrogen and oxygen atoms in total. The molecule has 0 aliphatic rings. The van der Waals surface area contributed by atoms with Crippen molar-refractivity contribution in [1.29, 1.82) is 0 Å². The Morgan fingerprint density at radius 1 is 1.24 bits per heavy atom. The number of rotatable bonds is 5. The number of nitrogens with zero attached hydrogens (tertiary/aromatic N) is 1. The van der Waals surface area contributed by atoms with Gasteiger partial charge >= 0.3 is 0 Å².